The van der Waals surface area contributed by atoms with Crippen molar-refractivity contribution >= 4 is 12.2 Å². The lowest BCUT2D eigenvalue weighted by Crippen LogP contribution is -3.14. The lowest BCUT2D eigenvalue weighted by molar-refractivity contribution is -0.908. The summed E-state index contributed by atoms with van der Waals surface area (Å²) in [6, 6.07) is 10.5. The zero-order valence-electron chi connectivity index (χ0n) is 14.7. The highest BCUT2D eigenvalue weighted by Gasteiger charge is 2.21. The third-order valence-electron chi connectivity index (χ3n) is 5.41. The van der Waals surface area contributed by atoms with E-state index in [9.17, 15) is 0 Å². The molecule has 0 spiro atoms. The first-order valence-corrected chi connectivity index (χ1v) is 9.83. The van der Waals surface area contributed by atoms with E-state index in [0.29, 0.717) is 0 Å². The third kappa shape index (κ3) is 3.68. The molecular formula is C20H26N3OS+. The minimum atomic E-state index is 0.809. The highest BCUT2D eigenvalue weighted by molar-refractivity contribution is 7.71. The number of ether oxygens (including phenoxy) is 1. The van der Waals surface area contributed by atoms with Crippen molar-refractivity contribution in [3.63, 3.8) is 0 Å². The average Bonchev–Trinajstić information content (AvgIpc) is 2.69. The van der Waals surface area contributed by atoms with Gasteiger partial charge in [0.2, 0.25) is 0 Å². The molecule has 4 rings (SSSR count). The van der Waals surface area contributed by atoms with Gasteiger partial charge in [-0.15, -0.1) is 0 Å². The molecule has 0 saturated carbocycles. The lowest BCUT2D eigenvalue weighted by Gasteiger charge is -2.28. The van der Waals surface area contributed by atoms with E-state index in [4.69, 9.17) is 21.9 Å². The SMILES string of the molecule is S=c1nc(-c2ccccc2)n(CC[NH+]2CCOCC2)c2c1CCCC2. The second kappa shape index (κ2) is 7.77. The molecule has 1 aromatic carbocycles. The van der Waals surface area contributed by atoms with Crippen molar-refractivity contribution in [3.8, 4) is 11.4 Å². The average molecular weight is 357 g/mol. The number of nitrogens with zero attached hydrogens (tertiary/aromatic N) is 2. The van der Waals surface area contributed by atoms with Crippen LogP contribution in [0, 0.1) is 4.64 Å². The number of benzene rings is 1. The zero-order chi connectivity index (χ0) is 17.1. The molecule has 1 N–H and O–H groups in total. The molecule has 2 heterocycles. The van der Waals surface area contributed by atoms with Gasteiger partial charge in [0.15, 0.2) is 0 Å². The van der Waals surface area contributed by atoms with Gasteiger partial charge in [-0.05, 0) is 25.7 Å². The third-order valence-corrected chi connectivity index (χ3v) is 5.74. The van der Waals surface area contributed by atoms with Crippen LogP contribution in [-0.4, -0.2) is 42.4 Å². The topological polar surface area (TPSA) is 31.5 Å². The van der Waals surface area contributed by atoms with E-state index in [1.807, 2.05) is 0 Å². The predicted molar refractivity (Wildman–Crippen MR) is 102 cm³/mol. The highest BCUT2D eigenvalue weighted by atomic mass is 32.1. The summed E-state index contributed by atoms with van der Waals surface area (Å²) < 4.78 is 8.77. The van der Waals surface area contributed by atoms with Crippen LogP contribution in [0.25, 0.3) is 11.4 Å². The molecule has 1 fully saturated rings. The molecule has 0 bridgehead atoms. The van der Waals surface area contributed by atoms with Crippen LogP contribution in [0.5, 0.6) is 0 Å². The van der Waals surface area contributed by atoms with Gasteiger partial charge in [0.25, 0.3) is 0 Å². The maximum atomic E-state index is 5.65. The predicted octanol–water partition coefficient (Wildman–Crippen LogP) is 2.07. The largest absolute Gasteiger partial charge is 0.370 e. The molecule has 132 valence electrons. The summed E-state index contributed by atoms with van der Waals surface area (Å²) >= 11 is 5.65. The first-order valence-electron chi connectivity index (χ1n) is 9.42. The van der Waals surface area contributed by atoms with Crippen molar-refractivity contribution in [2.24, 2.45) is 0 Å². The summed E-state index contributed by atoms with van der Waals surface area (Å²) in [4.78, 5) is 6.49. The molecule has 2 aromatic rings. The van der Waals surface area contributed by atoms with Gasteiger partial charge < -0.3 is 14.2 Å². The Morgan fingerprint density at radius 2 is 1.84 bits per heavy atom. The van der Waals surface area contributed by atoms with E-state index in [1.54, 1.807) is 4.90 Å². The molecule has 1 aromatic heterocycles. The standard InChI is InChI=1S/C20H25N3OS/c25-20-17-8-4-5-9-18(17)23(11-10-22-12-14-24-15-13-22)19(21-20)16-6-2-1-3-7-16/h1-3,6-7H,4-5,8-15H2/p+1. The van der Waals surface area contributed by atoms with Crippen molar-refractivity contribution in [2.75, 3.05) is 32.8 Å². The second-order valence-electron chi connectivity index (χ2n) is 7.00. The Labute approximate surface area is 154 Å². The molecular weight excluding hydrogens is 330 g/mol. The number of aromatic nitrogens is 2. The number of rotatable bonds is 4. The zero-order valence-corrected chi connectivity index (χ0v) is 15.5. The van der Waals surface area contributed by atoms with E-state index >= 15 is 0 Å². The Kier molecular flexibility index (Phi) is 5.25. The molecule has 2 aliphatic rings. The maximum Gasteiger partial charge on any atom is 0.141 e. The molecule has 0 unspecified atom stereocenters. The van der Waals surface area contributed by atoms with Gasteiger partial charge in [-0.2, -0.15) is 0 Å². The Morgan fingerprint density at radius 1 is 1.08 bits per heavy atom. The summed E-state index contributed by atoms with van der Waals surface area (Å²) in [5.74, 6) is 1.04. The first-order chi connectivity index (χ1) is 12.3. The van der Waals surface area contributed by atoms with Crippen molar-refractivity contribution in [1.82, 2.24) is 9.55 Å². The molecule has 4 nitrogen and oxygen atoms in total. The van der Waals surface area contributed by atoms with Crippen LogP contribution in [-0.2, 0) is 24.1 Å². The van der Waals surface area contributed by atoms with Crippen LogP contribution in [0.15, 0.2) is 30.3 Å². The molecule has 5 heteroatoms. The molecule has 0 amide bonds. The Bertz CT molecular complexity index is 782. The fourth-order valence-electron chi connectivity index (χ4n) is 4.00. The van der Waals surface area contributed by atoms with Crippen LogP contribution < -0.4 is 4.90 Å². The van der Waals surface area contributed by atoms with Gasteiger partial charge in [0.1, 0.15) is 23.6 Å². The Balaban J connectivity index is 1.72. The summed E-state index contributed by atoms with van der Waals surface area (Å²) in [6.45, 7) is 6.11. The van der Waals surface area contributed by atoms with Gasteiger partial charge in [-0.3, -0.25) is 0 Å². The van der Waals surface area contributed by atoms with Gasteiger partial charge in [-0.25, -0.2) is 4.98 Å². The van der Waals surface area contributed by atoms with Gasteiger partial charge in [0, 0.05) is 16.8 Å². The summed E-state index contributed by atoms with van der Waals surface area (Å²) in [6.07, 6.45) is 4.70. The summed E-state index contributed by atoms with van der Waals surface area (Å²) in [5.41, 5.74) is 3.91. The summed E-state index contributed by atoms with van der Waals surface area (Å²) in [5, 5.41) is 0. The number of hydrogen-bond acceptors (Lipinski definition) is 3. The highest BCUT2D eigenvalue weighted by Crippen LogP contribution is 2.27. The molecule has 0 atom stereocenters. The van der Waals surface area contributed by atoms with Crippen LogP contribution in [0.1, 0.15) is 24.1 Å². The van der Waals surface area contributed by atoms with Gasteiger partial charge in [0.05, 0.1) is 26.3 Å². The number of nitrogens with one attached hydrogen (secondary N) is 1. The van der Waals surface area contributed by atoms with Crippen LogP contribution in [0.4, 0.5) is 0 Å². The lowest BCUT2D eigenvalue weighted by atomic mass is 9.96. The van der Waals surface area contributed by atoms with Gasteiger partial charge >= 0.3 is 0 Å². The smallest absolute Gasteiger partial charge is 0.141 e. The monoisotopic (exact) mass is 356 g/mol. The number of hydrogen-bond donors (Lipinski definition) is 1. The number of morpholine rings is 1. The van der Waals surface area contributed by atoms with Crippen LogP contribution in [0.3, 0.4) is 0 Å². The van der Waals surface area contributed by atoms with E-state index in [0.717, 1.165) is 62.7 Å². The number of quaternary nitrogens is 1. The quantitative estimate of drug-likeness (QED) is 0.851. The van der Waals surface area contributed by atoms with E-state index in [-0.39, 0.29) is 0 Å². The second-order valence-corrected chi connectivity index (χ2v) is 7.39. The van der Waals surface area contributed by atoms with E-state index in [2.05, 4.69) is 34.9 Å². The normalized spacial score (nSPS) is 18.1. The van der Waals surface area contributed by atoms with Gasteiger partial charge in [-0.1, -0.05) is 42.5 Å². The van der Waals surface area contributed by atoms with Crippen LogP contribution in [0.2, 0.25) is 0 Å². The molecule has 1 saturated heterocycles. The van der Waals surface area contributed by atoms with E-state index in [1.165, 1.54) is 29.7 Å². The fraction of sp³-hybridized carbons (Fsp3) is 0.500. The molecule has 25 heavy (non-hydrogen) atoms. The summed E-state index contributed by atoms with van der Waals surface area (Å²) in [7, 11) is 0. The Hall–Kier alpha value is -1.56. The minimum absolute atomic E-state index is 0.809. The van der Waals surface area contributed by atoms with Crippen molar-refractivity contribution in [1.29, 1.82) is 0 Å². The fourth-order valence-corrected chi connectivity index (χ4v) is 4.30. The van der Waals surface area contributed by atoms with Crippen molar-refractivity contribution in [2.45, 2.75) is 32.2 Å². The minimum Gasteiger partial charge on any atom is -0.370 e. The molecule has 1 aliphatic carbocycles. The van der Waals surface area contributed by atoms with Crippen molar-refractivity contribution < 1.29 is 9.64 Å². The van der Waals surface area contributed by atoms with E-state index < -0.39 is 0 Å². The number of fused-ring (bicyclic) bond motifs is 1. The Morgan fingerprint density at radius 3 is 2.64 bits per heavy atom. The maximum absolute atomic E-state index is 5.65. The first kappa shape index (κ1) is 16.9. The van der Waals surface area contributed by atoms with Crippen molar-refractivity contribution in [3.05, 3.63) is 46.2 Å². The molecule has 0 radical (unpaired) electrons. The van der Waals surface area contributed by atoms with Crippen LogP contribution >= 0.6 is 12.2 Å². The molecule has 1 aliphatic heterocycles.